The molecule has 0 aliphatic heterocycles. The Hall–Kier alpha value is -0.603. The Balaban J connectivity index is 1.41. The molecule has 3 saturated carbocycles. The van der Waals surface area contributed by atoms with Crippen molar-refractivity contribution in [3.8, 4) is 0 Å². The van der Waals surface area contributed by atoms with Crippen LogP contribution in [0.3, 0.4) is 0 Å². The van der Waals surface area contributed by atoms with Crippen molar-refractivity contribution in [2.24, 2.45) is 0 Å². The van der Waals surface area contributed by atoms with Crippen LogP contribution in [0.5, 0.6) is 0 Å². The van der Waals surface area contributed by atoms with E-state index in [1.807, 2.05) is 0 Å². The van der Waals surface area contributed by atoms with E-state index in [0.717, 1.165) is 17.7 Å². The van der Waals surface area contributed by atoms with Crippen LogP contribution in [0.1, 0.15) is 108 Å². The third kappa shape index (κ3) is 5.11. The molecule has 2 heteroatoms. The molecule has 3 aliphatic rings. The molecule has 1 nitrogen and oxygen atoms in total. The number of rotatable bonds is 7. The topological polar surface area (TPSA) is 9.23 Å². The molecule has 3 fully saturated rings. The second kappa shape index (κ2) is 10.4. The first kappa shape index (κ1) is 20.7. The molecule has 0 N–H and O–H groups in total. The second-order valence-electron chi connectivity index (χ2n) is 10.1. The van der Waals surface area contributed by atoms with E-state index in [-0.39, 0.29) is 0 Å². The largest absolute Gasteiger partial charge is 0.419 e. The SMILES string of the molecule is c1ccc(C2(CCO[SiH](C3CCCCC3)C3CCCCC3)CCCCC2)cc1. The van der Waals surface area contributed by atoms with Crippen molar-refractivity contribution < 1.29 is 4.43 Å². The summed E-state index contributed by atoms with van der Waals surface area (Å²) in [5, 5.41) is 0. The Morgan fingerprint density at radius 2 is 1.25 bits per heavy atom. The van der Waals surface area contributed by atoms with Crippen molar-refractivity contribution in [3.05, 3.63) is 35.9 Å². The summed E-state index contributed by atoms with van der Waals surface area (Å²) in [6.45, 7) is 1.04. The van der Waals surface area contributed by atoms with Crippen LogP contribution in [0.4, 0.5) is 0 Å². The number of benzene rings is 1. The van der Waals surface area contributed by atoms with Crippen molar-refractivity contribution >= 4 is 9.04 Å². The van der Waals surface area contributed by atoms with Crippen molar-refractivity contribution in [2.45, 2.75) is 119 Å². The van der Waals surface area contributed by atoms with Gasteiger partial charge >= 0.3 is 0 Å². The lowest BCUT2D eigenvalue weighted by molar-refractivity contribution is 0.200. The molecule has 1 aromatic carbocycles. The zero-order chi connectivity index (χ0) is 19.1. The first-order chi connectivity index (χ1) is 13.9. The highest BCUT2D eigenvalue weighted by molar-refractivity contribution is 6.55. The van der Waals surface area contributed by atoms with Crippen LogP contribution in [0, 0.1) is 0 Å². The maximum atomic E-state index is 7.01. The molecule has 0 aromatic heterocycles. The Labute approximate surface area is 175 Å². The summed E-state index contributed by atoms with van der Waals surface area (Å²) in [6, 6.07) is 11.4. The maximum absolute atomic E-state index is 7.01. The van der Waals surface area contributed by atoms with Gasteiger partial charge in [-0.15, -0.1) is 0 Å². The van der Waals surface area contributed by atoms with E-state index in [0.29, 0.717) is 5.41 Å². The maximum Gasteiger partial charge on any atom is 0.183 e. The smallest absolute Gasteiger partial charge is 0.183 e. The molecule has 0 radical (unpaired) electrons. The average Bonchev–Trinajstić information content (AvgIpc) is 2.79. The van der Waals surface area contributed by atoms with Crippen molar-refractivity contribution in [2.75, 3.05) is 6.61 Å². The van der Waals surface area contributed by atoms with E-state index < -0.39 is 9.04 Å². The molecule has 28 heavy (non-hydrogen) atoms. The monoisotopic (exact) mass is 398 g/mol. The van der Waals surface area contributed by atoms with Crippen molar-refractivity contribution in [1.82, 2.24) is 0 Å². The minimum atomic E-state index is -1.09. The predicted molar refractivity (Wildman–Crippen MR) is 123 cm³/mol. The van der Waals surface area contributed by atoms with Gasteiger partial charge in [-0.2, -0.15) is 0 Å². The predicted octanol–water partition coefficient (Wildman–Crippen LogP) is 7.69. The van der Waals surface area contributed by atoms with Crippen LogP contribution in [0.25, 0.3) is 0 Å². The lowest BCUT2D eigenvalue weighted by Gasteiger charge is -2.40. The quantitative estimate of drug-likeness (QED) is 0.428. The van der Waals surface area contributed by atoms with Crippen LogP contribution in [0.2, 0.25) is 11.1 Å². The van der Waals surface area contributed by atoms with E-state index in [1.165, 1.54) is 103 Å². The van der Waals surface area contributed by atoms with Gasteiger partial charge in [-0.3, -0.25) is 0 Å². The van der Waals surface area contributed by atoms with Gasteiger partial charge in [0.25, 0.3) is 0 Å². The van der Waals surface area contributed by atoms with E-state index in [2.05, 4.69) is 30.3 Å². The summed E-state index contributed by atoms with van der Waals surface area (Å²) in [7, 11) is -1.09. The Kier molecular flexibility index (Phi) is 7.70. The second-order valence-corrected chi connectivity index (χ2v) is 13.2. The van der Waals surface area contributed by atoms with Crippen LogP contribution in [-0.4, -0.2) is 15.6 Å². The lowest BCUT2D eigenvalue weighted by atomic mass is 9.67. The van der Waals surface area contributed by atoms with E-state index >= 15 is 0 Å². The molecular weight excluding hydrogens is 356 g/mol. The zero-order valence-electron chi connectivity index (χ0n) is 18.0. The fourth-order valence-electron chi connectivity index (χ4n) is 6.68. The summed E-state index contributed by atoms with van der Waals surface area (Å²) < 4.78 is 7.01. The summed E-state index contributed by atoms with van der Waals surface area (Å²) >= 11 is 0. The van der Waals surface area contributed by atoms with Gasteiger partial charge in [-0.1, -0.05) is 114 Å². The van der Waals surface area contributed by atoms with Gasteiger partial charge in [-0.25, -0.2) is 0 Å². The highest BCUT2D eigenvalue weighted by Crippen LogP contribution is 2.44. The third-order valence-electron chi connectivity index (χ3n) is 8.32. The molecular formula is C26H42OSi. The fourth-order valence-corrected chi connectivity index (χ4v) is 10.6. The van der Waals surface area contributed by atoms with Crippen LogP contribution < -0.4 is 0 Å². The molecule has 0 spiro atoms. The van der Waals surface area contributed by atoms with Gasteiger partial charge in [-0.05, 0) is 41.3 Å². The molecule has 0 saturated heterocycles. The molecule has 0 unspecified atom stereocenters. The molecule has 3 aliphatic carbocycles. The molecule has 4 rings (SSSR count). The van der Waals surface area contributed by atoms with Gasteiger partial charge in [0.2, 0.25) is 0 Å². The van der Waals surface area contributed by atoms with Gasteiger partial charge in [0.15, 0.2) is 9.04 Å². The van der Waals surface area contributed by atoms with Gasteiger partial charge in [0.05, 0.1) is 0 Å². The van der Waals surface area contributed by atoms with Crippen molar-refractivity contribution in [3.63, 3.8) is 0 Å². The average molecular weight is 399 g/mol. The van der Waals surface area contributed by atoms with E-state index in [9.17, 15) is 0 Å². The fraction of sp³-hybridized carbons (Fsp3) is 0.769. The number of hydrogen-bond donors (Lipinski definition) is 0. The molecule has 156 valence electrons. The summed E-state index contributed by atoms with van der Waals surface area (Å²) in [5.74, 6) is 0. The first-order valence-electron chi connectivity index (χ1n) is 12.5. The molecule has 0 atom stereocenters. The third-order valence-corrected chi connectivity index (χ3v) is 12.1. The molecule has 0 heterocycles. The van der Waals surface area contributed by atoms with Gasteiger partial charge in [0, 0.05) is 6.61 Å². The van der Waals surface area contributed by atoms with Crippen molar-refractivity contribution in [1.29, 1.82) is 0 Å². The first-order valence-corrected chi connectivity index (χ1v) is 14.4. The molecule has 1 aromatic rings. The van der Waals surface area contributed by atoms with Gasteiger partial charge < -0.3 is 4.43 Å². The summed E-state index contributed by atoms with van der Waals surface area (Å²) in [5.41, 5.74) is 3.95. The van der Waals surface area contributed by atoms with Gasteiger partial charge in [0.1, 0.15) is 0 Å². The van der Waals surface area contributed by atoms with E-state index in [4.69, 9.17) is 4.43 Å². The lowest BCUT2D eigenvalue weighted by Crippen LogP contribution is -2.36. The highest BCUT2D eigenvalue weighted by Gasteiger charge is 2.37. The van der Waals surface area contributed by atoms with Crippen LogP contribution in [0.15, 0.2) is 30.3 Å². The highest BCUT2D eigenvalue weighted by atomic mass is 28.3. The Morgan fingerprint density at radius 3 is 1.82 bits per heavy atom. The molecule has 0 bridgehead atoms. The summed E-state index contributed by atoms with van der Waals surface area (Å²) in [6.07, 6.45) is 23.0. The Morgan fingerprint density at radius 1 is 0.714 bits per heavy atom. The molecule has 0 amide bonds. The normalized spacial score (nSPS) is 24.5. The van der Waals surface area contributed by atoms with E-state index in [1.54, 1.807) is 5.56 Å². The number of hydrogen-bond acceptors (Lipinski definition) is 1. The van der Waals surface area contributed by atoms with Crippen LogP contribution >= 0.6 is 0 Å². The summed E-state index contributed by atoms with van der Waals surface area (Å²) in [4.78, 5) is 0. The minimum Gasteiger partial charge on any atom is -0.419 e. The standard InChI is InChI=1S/C26H42OSi/c1-5-13-23(14-6-1)26(19-11-4-12-20-26)21-22-27-28(24-15-7-2-8-16-24)25-17-9-3-10-18-25/h1,5-6,13-14,24-25,28H,2-4,7-12,15-22H2. The van der Waals surface area contributed by atoms with Crippen LogP contribution in [-0.2, 0) is 9.84 Å². The Bertz CT molecular complexity index is 535. The minimum absolute atomic E-state index is 0.400. The zero-order valence-corrected chi connectivity index (χ0v) is 19.2.